The zero-order valence-corrected chi connectivity index (χ0v) is 8.54. The molecule has 1 N–H and O–H groups in total. The number of halogens is 1. The number of aryl methyl sites for hydroxylation is 1. The van der Waals surface area contributed by atoms with Gasteiger partial charge in [-0.2, -0.15) is 5.10 Å². The maximum atomic E-state index is 9.82. The first kappa shape index (κ1) is 9.03. The van der Waals surface area contributed by atoms with Gasteiger partial charge in [0, 0.05) is 5.92 Å². The van der Waals surface area contributed by atoms with Crippen LogP contribution in [0.5, 0.6) is 0 Å². The first-order chi connectivity index (χ1) is 6.11. The van der Waals surface area contributed by atoms with E-state index in [1.54, 1.807) is 4.68 Å². The van der Waals surface area contributed by atoms with E-state index in [4.69, 9.17) is 11.6 Å². The predicted octanol–water partition coefficient (Wildman–Crippen LogP) is 2.05. The molecule has 13 heavy (non-hydrogen) atoms. The first-order valence-electron chi connectivity index (χ1n) is 4.50. The summed E-state index contributed by atoms with van der Waals surface area (Å²) >= 11 is 5.97. The molecule has 0 bridgehead atoms. The van der Waals surface area contributed by atoms with Crippen LogP contribution in [0.3, 0.4) is 0 Å². The van der Waals surface area contributed by atoms with Crippen molar-refractivity contribution in [1.29, 1.82) is 0 Å². The molecule has 1 saturated carbocycles. The average Bonchev–Trinajstić information content (AvgIpc) is 2.89. The topological polar surface area (TPSA) is 38.0 Å². The van der Waals surface area contributed by atoms with Crippen LogP contribution in [0.25, 0.3) is 0 Å². The highest BCUT2D eigenvalue weighted by atomic mass is 35.5. The normalized spacial score (nSPS) is 19.1. The molecule has 3 nitrogen and oxygen atoms in total. The van der Waals surface area contributed by atoms with Crippen LogP contribution >= 0.6 is 11.6 Å². The van der Waals surface area contributed by atoms with Gasteiger partial charge in [0.2, 0.25) is 0 Å². The van der Waals surface area contributed by atoms with Crippen LogP contribution in [0, 0.1) is 19.8 Å². The van der Waals surface area contributed by atoms with Gasteiger partial charge in [-0.1, -0.05) is 11.6 Å². The zero-order chi connectivity index (χ0) is 9.59. The number of nitrogens with zero attached hydrogens (tertiary/aromatic N) is 2. The van der Waals surface area contributed by atoms with E-state index in [9.17, 15) is 5.11 Å². The Morgan fingerprint density at radius 1 is 1.54 bits per heavy atom. The third kappa shape index (κ3) is 1.46. The van der Waals surface area contributed by atoms with Gasteiger partial charge >= 0.3 is 0 Å². The Kier molecular flexibility index (Phi) is 2.08. The van der Waals surface area contributed by atoms with Gasteiger partial charge in [0.05, 0.1) is 16.4 Å². The molecule has 0 radical (unpaired) electrons. The minimum Gasteiger partial charge on any atom is -0.371 e. The highest BCUT2D eigenvalue weighted by Gasteiger charge is 2.32. The van der Waals surface area contributed by atoms with Crippen LogP contribution < -0.4 is 0 Å². The second kappa shape index (κ2) is 3.00. The van der Waals surface area contributed by atoms with Crippen LogP contribution in [0.1, 0.15) is 30.5 Å². The molecule has 1 unspecified atom stereocenters. The molecule has 72 valence electrons. The molecular weight excluding hydrogens is 188 g/mol. The third-order valence-corrected chi connectivity index (χ3v) is 3.08. The number of hydrogen-bond acceptors (Lipinski definition) is 2. The largest absolute Gasteiger partial charge is 0.371 e. The third-order valence-electron chi connectivity index (χ3n) is 2.53. The molecule has 1 fully saturated rings. The summed E-state index contributed by atoms with van der Waals surface area (Å²) in [6.45, 7) is 3.74. The SMILES string of the molecule is Cc1nn(C(O)C2CC2)c(C)c1Cl. The van der Waals surface area contributed by atoms with Gasteiger partial charge in [-0.3, -0.25) is 0 Å². The molecule has 1 heterocycles. The molecule has 0 aromatic carbocycles. The molecule has 0 spiro atoms. The second-order valence-corrected chi connectivity index (χ2v) is 4.06. The van der Waals surface area contributed by atoms with Crippen molar-refractivity contribution >= 4 is 11.6 Å². The van der Waals surface area contributed by atoms with Crippen LogP contribution in [-0.4, -0.2) is 14.9 Å². The monoisotopic (exact) mass is 200 g/mol. The van der Waals surface area contributed by atoms with Crippen LogP contribution in [-0.2, 0) is 0 Å². The van der Waals surface area contributed by atoms with Crippen molar-refractivity contribution in [3.63, 3.8) is 0 Å². The van der Waals surface area contributed by atoms with Gasteiger partial charge < -0.3 is 5.11 Å². The van der Waals surface area contributed by atoms with E-state index >= 15 is 0 Å². The van der Waals surface area contributed by atoms with Crippen molar-refractivity contribution in [3.05, 3.63) is 16.4 Å². The molecule has 1 atom stereocenters. The van der Waals surface area contributed by atoms with Gasteiger partial charge in [0.25, 0.3) is 0 Å². The molecule has 2 rings (SSSR count). The molecule has 1 aromatic rings. The minimum absolute atomic E-state index is 0.383. The lowest BCUT2D eigenvalue weighted by atomic mass is 10.3. The molecule has 1 aromatic heterocycles. The van der Waals surface area contributed by atoms with Gasteiger partial charge in [-0.05, 0) is 26.7 Å². The summed E-state index contributed by atoms with van der Waals surface area (Å²) in [4.78, 5) is 0. The average molecular weight is 201 g/mol. The van der Waals surface area contributed by atoms with Crippen molar-refractivity contribution in [3.8, 4) is 0 Å². The highest BCUT2D eigenvalue weighted by Crippen LogP contribution is 2.39. The molecule has 0 aliphatic heterocycles. The van der Waals surface area contributed by atoms with Crippen LogP contribution in [0.4, 0.5) is 0 Å². The number of aromatic nitrogens is 2. The van der Waals surface area contributed by atoms with E-state index < -0.39 is 6.23 Å². The summed E-state index contributed by atoms with van der Waals surface area (Å²) in [6.07, 6.45) is 1.71. The van der Waals surface area contributed by atoms with Crippen molar-refractivity contribution < 1.29 is 5.11 Å². The Morgan fingerprint density at radius 2 is 2.15 bits per heavy atom. The van der Waals surface area contributed by atoms with Crippen LogP contribution in [0.2, 0.25) is 5.02 Å². The molecule has 1 aliphatic rings. The smallest absolute Gasteiger partial charge is 0.150 e. The lowest BCUT2D eigenvalue weighted by Gasteiger charge is -2.11. The Morgan fingerprint density at radius 3 is 2.54 bits per heavy atom. The fourth-order valence-corrected chi connectivity index (χ4v) is 1.62. The molecule has 1 aliphatic carbocycles. The molecular formula is C9H13ClN2O. The van der Waals surface area contributed by atoms with Crippen molar-refractivity contribution in [1.82, 2.24) is 9.78 Å². The van der Waals surface area contributed by atoms with E-state index in [1.807, 2.05) is 13.8 Å². The van der Waals surface area contributed by atoms with Gasteiger partial charge in [-0.25, -0.2) is 4.68 Å². The van der Waals surface area contributed by atoms with Crippen LogP contribution in [0.15, 0.2) is 0 Å². The molecule has 0 saturated heterocycles. The number of aliphatic hydroxyl groups excluding tert-OH is 1. The Bertz CT molecular complexity index is 331. The maximum absolute atomic E-state index is 9.82. The van der Waals surface area contributed by atoms with Crippen molar-refractivity contribution in [2.24, 2.45) is 5.92 Å². The number of rotatable bonds is 2. The second-order valence-electron chi connectivity index (χ2n) is 3.68. The van der Waals surface area contributed by atoms with E-state index in [0.29, 0.717) is 10.9 Å². The lowest BCUT2D eigenvalue weighted by Crippen LogP contribution is -2.13. The summed E-state index contributed by atoms with van der Waals surface area (Å²) < 4.78 is 1.63. The van der Waals surface area contributed by atoms with E-state index in [2.05, 4.69) is 5.10 Å². The summed E-state index contributed by atoms with van der Waals surface area (Å²) in [6, 6.07) is 0. The van der Waals surface area contributed by atoms with Crippen molar-refractivity contribution in [2.45, 2.75) is 32.9 Å². The zero-order valence-electron chi connectivity index (χ0n) is 7.79. The van der Waals surface area contributed by atoms with E-state index in [1.165, 1.54) is 0 Å². The van der Waals surface area contributed by atoms with E-state index in [-0.39, 0.29) is 0 Å². The number of hydrogen-bond donors (Lipinski definition) is 1. The van der Waals surface area contributed by atoms with Gasteiger partial charge in [0.1, 0.15) is 6.23 Å². The highest BCUT2D eigenvalue weighted by molar-refractivity contribution is 6.31. The summed E-state index contributed by atoms with van der Waals surface area (Å²) in [5.74, 6) is 0.383. The predicted molar refractivity (Wildman–Crippen MR) is 50.7 cm³/mol. The molecule has 0 amide bonds. The lowest BCUT2D eigenvalue weighted by molar-refractivity contribution is 0.0658. The van der Waals surface area contributed by atoms with Crippen molar-refractivity contribution in [2.75, 3.05) is 0 Å². The van der Waals surface area contributed by atoms with E-state index in [0.717, 1.165) is 24.2 Å². The standard InChI is InChI=1S/C9H13ClN2O/c1-5-8(10)6(2)12(11-5)9(13)7-3-4-7/h7,9,13H,3-4H2,1-2H3. The van der Waals surface area contributed by atoms with Gasteiger partial charge in [-0.15, -0.1) is 0 Å². The summed E-state index contributed by atoms with van der Waals surface area (Å²) in [7, 11) is 0. The minimum atomic E-state index is -0.480. The summed E-state index contributed by atoms with van der Waals surface area (Å²) in [5, 5.41) is 14.7. The first-order valence-corrected chi connectivity index (χ1v) is 4.88. The quantitative estimate of drug-likeness (QED) is 0.794. The Hall–Kier alpha value is -0.540. The fraction of sp³-hybridized carbons (Fsp3) is 0.667. The molecule has 4 heteroatoms. The Labute approximate surface area is 82.3 Å². The van der Waals surface area contributed by atoms with Gasteiger partial charge in [0.15, 0.2) is 0 Å². The summed E-state index contributed by atoms with van der Waals surface area (Å²) in [5.41, 5.74) is 1.65. The fourth-order valence-electron chi connectivity index (χ4n) is 1.49. The maximum Gasteiger partial charge on any atom is 0.150 e. The number of aliphatic hydroxyl groups is 1. The Balaban J connectivity index is 2.33.